The van der Waals surface area contributed by atoms with Gasteiger partial charge in [-0.25, -0.2) is 4.39 Å². The standard InChI is InChI=1S/C12H14FNO2/c13-10-4-1-3-9(7-10)8-12(11(15)16)5-2-6-14-12/h1,3-4,7,14H,2,5-6,8H2,(H,15,16)/t12-/m1/s1. The van der Waals surface area contributed by atoms with Crippen LogP contribution in [0.4, 0.5) is 4.39 Å². The van der Waals surface area contributed by atoms with Crippen molar-refractivity contribution < 1.29 is 19.6 Å². The highest BCUT2D eigenvalue weighted by atomic mass is 19.1. The van der Waals surface area contributed by atoms with E-state index in [1.807, 2.05) is 0 Å². The second kappa shape index (κ2) is 4.22. The molecule has 1 aliphatic heterocycles. The van der Waals surface area contributed by atoms with Gasteiger partial charge in [0.15, 0.2) is 0 Å². The maximum Gasteiger partial charge on any atom is 0.140 e. The van der Waals surface area contributed by atoms with E-state index in [0.717, 1.165) is 13.0 Å². The van der Waals surface area contributed by atoms with Crippen molar-refractivity contribution in [1.82, 2.24) is 0 Å². The molecule has 1 atom stereocenters. The Kier molecular flexibility index (Phi) is 2.92. The molecule has 0 radical (unpaired) electrons. The molecule has 0 aliphatic carbocycles. The van der Waals surface area contributed by atoms with Gasteiger partial charge >= 0.3 is 0 Å². The summed E-state index contributed by atoms with van der Waals surface area (Å²) in [5.74, 6) is -1.38. The lowest BCUT2D eigenvalue weighted by molar-refractivity contribution is -0.700. The number of hydrogen-bond donors (Lipinski definition) is 1. The number of aliphatic carboxylic acids is 1. The van der Waals surface area contributed by atoms with E-state index in [1.54, 1.807) is 17.4 Å². The molecule has 1 aliphatic rings. The van der Waals surface area contributed by atoms with E-state index in [0.29, 0.717) is 18.4 Å². The molecule has 0 amide bonds. The molecule has 2 rings (SSSR count). The normalized spacial score (nSPS) is 24.6. The van der Waals surface area contributed by atoms with Gasteiger partial charge in [0, 0.05) is 19.3 Å². The molecule has 3 nitrogen and oxygen atoms in total. The molecule has 1 saturated heterocycles. The van der Waals surface area contributed by atoms with Crippen LogP contribution in [-0.4, -0.2) is 18.1 Å². The van der Waals surface area contributed by atoms with Crippen molar-refractivity contribution in [2.45, 2.75) is 24.8 Å². The number of hydrogen-bond acceptors (Lipinski definition) is 2. The second-order valence-electron chi connectivity index (χ2n) is 4.35. The van der Waals surface area contributed by atoms with Crippen LogP contribution >= 0.6 is 0 Å². The third-order valence-electron chi connectivity index (χ3n) is 3.18. The second-order valence-corrected chi connectivity index (χ2v) is 4.35. The minimum Gasteiger partial charge on any atom is -0.544 e. The molecular weight excluding hydrogens is 209 g/mol. The van der Waals surface area contributed by atoms with Crippen molar-refractivity contribution in [3.8, 4) is 0 Å². The number of benzene rings is 1. The summed E-state index contributed by atoms with van der Waals surface area (Å²) in [7, 11) is 0. The first kappa shape index (κ1) is 11.1. The van der Waals surface area contributed by atoms with Crippen LogP contribution in [0, 0.1) is 5.82 Å². The fourth-order valence-corrected chi connectivity index (χ4v) is 2.33. The third-order valence-corrected chi connectivity index (χ3v) is 3.18. The average Bonchev–Trinajstić information content (AvgIpc) is 2.67. The van der Waals surface area contributed by atoms with Gasteiger partial charge in [0.1, 0.15) is 17.3 Å². The van der Waals surface area contributed by atoms with Crippen molar-refractivity contribution in [2.75, 3.05) is 6.54 Å². The number of quaternary nitrogens is 1. The molecule has 0 spiro atoms. The fourth-order valence-electron chi connectivity index (χ4n) is 2.33. The Hall–Kier alpha value is -1.42. The van der Waals surface area contributed by atoms with Gasteiger partial charge < -0.3 is 15.2 Å². The topological polar surface area (TPSA) is 56.7 Å². The molecule has 1 heterocycles. The predicted octanol–water partition coefficient (Wildman–Crippen LogP) is -0.786. The van der Waals surface area contributed by atoms with E-state index < -0.39 is 11.5 Å². The summed E-state index contributed by atoms with van der Waals surface area (Å²) in [6.07, 6.45) is 1.78. The Morgan fingerprint density at radius 1 is 1.56 bits per heavy atom. The molecule has 0 saturated carbocycles. The zero-order chi connectivity index (χ0) is 11.6. The number of carbonyl (C=O) groups is 1. The maximum absolute atomic E-state index is 13.0. The molecule has 1 aromatic carbocycles. The number of carbonyl (C=O) groups excluding carboxylic acids is 1. The van der Waals surface area contributed by atoms with Crippen LogP contribution in [0.15, 0.2) is 24.3 Å². The lowest BCUT2D eigenvalue weighted by atomic mass is 9.89. The molecule has 4 heteroatoms. The molecule has 1 fully saturated rings. The summed E-state index contributed by atoms with van der Waals surface area (Å²) in [4.78, 5) is 11.2. The first-order chi connectivity index (χ1) is 7.62. The third kappa shape index (κ3) is 2.07. The van der Waals surface area contributed by atoms with E-state index in [4.69, 9.17) is 0 Å². The first-order valence-corrected chi connectivity index (χ1v) is 5.43. The molecule has 0 unspecified atom stereocenters. The van der Waals surface area contributed by atoms with Gasteiger partial charge in [-0.15, -0.1) is 0 Å². The van der Waals surface area contributed by atoms with Gasteiger partial charge in [-0.1, -0.05) is 12.1 Å². The minimum absolute atomic E-state index is 0.326. The maximum atomic E-state index is 13.0. The quantitative estimate of drug-likeness (QED) is 0.730. The van der Waals surface area contributed by atoms with Gasteiger partial charge in [-0.05, 0) is 17.7 Å². The van der Waals surface area contributed by atoms with E-state index >= 15 is 0 Å². The van der Waals surface area contributed by atoms with Crippen LogP contribution < -0.4 is 10.4 Å². The summed E-state index contributed by atoms with van der Waals surface area (Å²) < 4.78 is 13.0. The molecule has 1 aromatic rings. The zero-order valence-electron chi connectivity index (χ0n) is 8.91. The highest BCUT2D eigenvalue weighted by Gasteiger charge is 2.39. The van der Waals surface area contributed by atoms with Crippen molar-refractivity contribution in [2.24, 2.45) is 0 Å². The predicted molar refractivity (Wildman–Crippen MR) is 53.9 cm³/mol. The zero-order valence-corrected chi connectivity index (χ0v) is 8.91. The number of nitrogens with two attached hydrogens (primary N) is 1. The van der Waals surface area contributed by atoms with Crippen LogP contribution in [-0.2, 0) is 11.2 Å². The SMILES string of the molecule is O=C([O-])[C@]1(Cc2cccc(F)c2)CCC[NH2+]1. The summed E-state index contributed by atoms with van der Waals surface area (Å²) in [5.41, 5.74) is -0.185. The fraction of sp³-hybridized carbons (Fsp3) is 0.417. The Balaban J connectivity index is 2.21. The number of halogens is 1. The molecule has 86 valence electrons. The summed E-state index contributed by atoms with van der Waals surface area (Å²) in [6.45, 7) is 0.795. The molecular formula is C12H14FNO2. The minimum atomic E-state index is -1.05. The summed E-state index contributed by atoms with van der Waals surface area (Å²) in [6, 6.07) is 6.09. The smallest absolute Gasteiger partial charge is 0.140 e. The lowest BCUT2D eigenvalue weighted by Gasteiger charge is -2.27. The number of carboxylic acid groups (broad SMARTS) is 1. The van der Waals surface area contributed by atoms with E-state index in [9.17, 15) is 14.3 Å². The van der Waals surface area contributed by atoms with E-state index in [-0.39, 0.29) is 5.82 Å². The van der Waals surface area contributed by atoms with Crippen LogP contribution in [0.1, 0.15) is 18.4 Å². The van der Waals surface area contributed by atoms with Crippen LogP contribution in [0.25, 0.3) is 0 Å². The molecule has 0 aromatic heterocycles. The molecule has 16 heavy (non-hydrogen) atoms. The van der Waals surface area contributed by atoms with Crippen LogP contribution in [0.2, 0.25) is 0 Å². The van der Waals surface area contributed by atoms with Crippen molar-refractivity contribution in [3.05, 3.63) is 35.6 Å². The van der Waals surface area contributed by atoms with Crippen molar-refractivity contribution >= 4 is 5.97 Å². The number of carboxylic acids is 1. The van der Waals surface area contributed by atoms with E-state index in [1.165, 1.54) is 12.1 Å². The average molecular weight is 223 g/mol. The van der Waals surface area contributed by atoms with Gasteiger partial charge in [0.25, 0.3) is 0 Å². The Morgan fingerprint density at radius 2 is 2.38 bits per heavy atom. The lowest BCUT2D eigenvalue weighted by Crippen LogP contribution is -2.97. The van der Waals surface area contributed by atoms with Gasteiger partial charge in [0.05, 0.1) is 6.54 Å². The molecule has 2 N–H and O–H groups in total. The Bertz CT molecular complexity index is 400. The van der Waals surface area contributed by atoms with Crippen LogP contribution in [0.5, 0.6) is 0 Å². The first-order valence-electron chi connectivity index (χ1n) is 5.43. The Morgan fingerprint density at radius 3 is 2.94 bits per heavy atom. The van der Waals surface area contributed by atoms with Crippen molar-refractivity contribution in [1.29, 1.82) is 0 Å². The van der Waals surface area contributed by atoms with Gasteiger partial charge in [-0.2, -0.15) is 0 Å². The highest BCUT2D eigenvalue weighted by Crippen LogP contribution is 2.18. The molecule has 0 bridgehead atoms. The summed E-state index contributed by atoms with van der Waals surface area (Å²) >= 11 is 0. The van der Waals surface area contributed by atoms with E-state index in [2.05, 4.69) is 0 Å². The van der Waals surface area contributed by atoms with Crippen molar-refractivity contribution in [3.63, 3.8) is 0 Å². The van der Waals surface area contributed by atoms with Gasteiger partial charge in [0.2, 0.25) is 0 Å². The van der Waals surface area contributed by atoms with Crippen LogP contribution in [0.3, 0.4) is 0 Å². The monoisotopic (exact) mass is 223 g/mol. The Labute approximate surface area is 93.3 Å². The summed E-state index contributed by atoms with van der Waals surface area (Å²) in [5, 5.41) is 13.0. The van der Waals surface area contributed by atoms with Gasteiger partial charge in [-0.3, -0.25) is 0 Å². The largest absolute Gasteiger partial charge is 0.544 e. The highest BCUT2D eigenvalue weighted by molar-refractivity contribution is 5.75. The number of rotatable bonds is 3.